The number of rotatable bonds is 6. The maximum absolute atomic E-state index is 13.3. The Balaban J connectivity index is 1.40. The Labute approximate surface area is 151 Å². The number of benzene rings is 1. The molecule has 0 bridgehead atoms. The molecule has 26 heavy (non-hydrogen) atoms. The fourth-order valence-corrected chi connectivity index (χ4v) is 3.60. The van der Waals surface area contributed by atoms with Crippen molar-refractivity contribution in [3.8, 4) is 0 Å². The molecule has 1 aliphatic rings. The van der Waals surface area contributed by atoms with Crippen LogP contribution < -0.4 is 10.2 Å². The second-order valence-corrected chi connectivity index (χ2v) is 6.62. The standard InChI is InChI=1S/C19H22FN5O/c1-26-17-8-16(25(11-17)19-4-5-21-12-23-19)10-22-9-15-6-13-2-3-14(20)7-18(13)24-15/h2-7,12,16-17,22,24H,8-11H2,1H3/t16-,17-/m1/s1. The van der Waals surface area contributed by atoms with Gasteiger partial charge in [-0.25, -0.2) is 14.4 Å². The molecule has 7 heteroatoms. The highest BCUT2D eigenvalue weighted by atomic mass is 19.1. The van der Waals surface area contributed by atoms with Crippen LogP contribution in [0.5, 0.6) is 0 Å². The highest BCUT2D eigenvalue weighted by molar-refractivity contribution is 5.80. The van der Waals surface area contributed by atoms with Crippen LogP contribution in [-0.2, 0) is 11.3 Å². The number of hydrogen-bond donors (Lipinski definition) is 2. The molecule has 4 rings (SSSR count). The van der Waals surface area contributed by atoms with Gasteiger partial charge in [-0.05, 0) is 42.1 Å². The van der Waals surface area contributed by atoms with Crippen molar-refractivity contribution in [1.82, 2.24) is 20.3 Å². The lowest BCUT2D eigenvalue weighted by molar-refractivity contribution is 0.118. The fourth-order valence-electron chi connectivity index (χ4n) is 3.60. The van der Waals surface area contributed by atoms with Crippen molar-refractivity contribution < 1.29 is 9.13 Å². The number of ether oxygens (including phenoxy) is 1. The van der Waals surface area contributed by atoms with Gasteiger partial charge in [0.2, 0.25) is 0 Å². The summed E-state index contributed by atoms with van der Waals surface area (Å²) in [5.41, 5.74) is 1.87. The van der Waals surface area contributed by atoms with Crippen LogP contribution in [0.25, 0.3) is 10.9 Å². The van der Waals surface area contributed by atoms with Crippen LogP contribution in [0.15, 0.2) is 42.9 Å². The molecule has 2 N–H and O–H groups in total. The number of aromatic amines is 1. The summed E-state index contributed by atoms with van der Waals surface area (Å²) in [6.45, 7) is 2.33. The van der Waals surface area contributed by atoms with Gasteiger partial charge in [0.25, 0.3) is 0 Å². The van der Waals surface area contributed by atoms with E-state index in [4.69, 9.17) is 4.74 Å². The molecule has 0 aliphatic carbocycles. The Kier molecular flexibility index (Phi) is 4.81. The zero-order chi connectivity index (χ0) is 17.9. The molecule has 0 spiro atoms. The minimum atomic E-state index is -0.226. The third-order valence-electron chi connectivity index (χ3n) is 4.91. The van der Waals surface area contributed by atoms with Crippen LogP contribution in [0.4, 0.5) is 10.2 Å². The number of nitrogens with zero attached hydrogens (tertiary/aromatic N) is 3. The van der Waals surface area contributed by atoms with Gasteiger partial charge in [-0.3, -0.25) is 0 Å². The molecule has 136 valence electrons. The predicted molar refractivity (Wildman–Crippen MR) is 98.5 cm³/mol. The molecule has 1 fully saturated rings. The highest BCUT2D eigenvalue weighted by Gasteiger charge is 2.32. The number of H-pyrrole nitrogens is 1. The summed E-state index contributed by atoms with van der Waals surface area (Å²) < 4.78 is 18.9. The smallest absolute Gasteiger partial charge is 0.132 e. The van der Waals surface area contributed by atoms with Gasteiger partial charge >= 0.3 is 0 Å². The molecule has 0 radical (unpaired) electrons. The Bertz CT molecular complexity index is 869. The summed E-state index contributed by atoms with van der Waals surface area (Å²) in [5, 5.41) is 4.52. The van der Waals surface area contributed by atoms with Crippen LogP contribution in [-0.4, -0.2) is 47.3 Å². The van der Waals surface area contributed by atoms with Crippen LogP contribution in [0.3, 0.4) is 0 Å². The number of fused-ring (bicyclic) bond motifs is 1. The first-order valence-corrected chi connectivity index (χ1v) is 8.76. The molecule has 1 aromatic carbocycles. The van der Waals surface area contributed by atoms with Crippen molar-refractivity contribution in [2.75, 3.05) is 25.1 Å². The number of methoxy groups -OCH3 is 1. The van der Waals surface area contributed by atoms with E-state index in [-0.39, 0.29) is 11.9 Å². The van der Waals surface area contributed by atoms with Crippen molar-refractivity contribution in [1.29, 1.82) is 0 Å². The third-order valence-corrected chi connectivity index (χ3v) is 4.91. The first-order valence-electron chi connectivity index (χ1n) is 8.76. The van der Waals surface area contributed by atoms with E-state index in [0.717, 1.165) is 41.9 Å². The molecular weight excluding hydrogens is 333 g/mol. The topological polar surface area (TPSA) is 66.1 Å². The van der Waals surface area contributed by atoms with E-state index in [2.05, 4.69) is 31.2 Å². The molecule has 1 aliphatic heterocycles. The average molecular weight is 355 g/mol. The second-order valence-electron chi connectivity index (χ2n) is 6.62. The van der Waals surface area contributed by atoms with Crippen LogP contribution >= 0.6 is 0 Å². The van der Waals surface area contributed by atoms with E-state index >= 15 is 0 Å². The summed E-state index contributed by atoms with van der Waals surface area (Å²) in [6.07, 6.45) is 4.48. The first-order chi connectivity index (χ1) is 12.7. The normalized spacial score (nSPS) is 20.2. The van der Waals surface area contributed by atoms with Crippen LogP contribution in [0.2, 0.25) is 0 Å². The molecule has 0 unspecified atom stereocenters. The first kappa shape index (κ1) is 16.9. The van der Waals surface area contributed by atoms with Crippen molar-refractivity contribution in [2.24, 2.45) is 0 Å². The van der Waals surface area contributed by atoms with Crippen LogP contribution in [0, 0.1) is 5.82 Å². The number of halogens is 1. The Morgan fingerprint density at radius 3 is 3.08 bits per heavy atom. The zero-order valence-electron chi connectivity index (χ0n) is 14.7. The third kappa shape index (κ3) is 3.54. The van der Waals surface area contributed by atoms with Crippen molar-refractivity contribution in [3.05, 3.63) is 54.4 Å². The predicted octanol–water partition coefficient (Wildman–Crippen LogP) is 2.48. The van der Waals surface area contributed by atoms with E-state index < -0.39 is 0 Å². The Morgan fingerprint density at radius 2 is 2.27 bits per heavy atom. The Hall–Kier alpha value is -2.51. The molecule has 2 aromatic heterocycles. The van der Waals surface area contributed by atoms with Gasteiger partial charge in [0.1, 0.15) is 18.0 Å². The monoisotopic (exact) mass is 355 g/mol. The van der Waals surface area contributed by atoms with E-state index in [0.29, 0.717) is 12.6 Å². The van der Waals surface area contributed by atoms with Crippen molar-refractivity contribution >= 4 is 16.7 Å². The molecule has 6 nitrogen and oxygen atoms in total. The van der Waals surface area contributed by atoms with Gasteiger partial charge in [0.15, 0.2) is 0 Å². The van der Waals surface area contributed by atoms with Gasteiger partial charge in [0.05, 0.1) is 6.10 Å². The second kappa shape index (κ2) is 7.39. The number of aromatic nitrogens is 3. The summed E-state index contributed by atoms with van der Waals surface area (Å²) in [4.78, 5) is 13.9. The zero-order valence-corrected chi connectivity index (χ0v) is 14.7. The van der Waals surface area contributed by atoms with E-state index in [1.807, 2.05) is 6.07 Å². The Morgan fingerprint density at radius 1 is 1.35 bits per heavy atom. The lowest BCUT2D eigenvalue weighted by atomic mass is 10.2. The molecule has 1 saturated heterocycles. The average Bonchev–Trinajstić information content (AvgIpc) is 3.25. The lowest BCUT2D eigenvalue weighted by Crippen LogP contribution is -2.38. The summed E-state index contributed by atoms with van der Waals surface area (Å²) in [5.74, 6) is 0.698. The summed E-state index contributed by atoms with van der Waals surface area (Å²) >= 11 is 0. The molecule has 3 aromatic rings. The SMILES string of the molecule is CO[C@@H]1C[C@H](CNCc2cc3ccc(F)cc3[nH]2)N(c2ccncn2)C1. The molecule has 2 atom stereocenters. The minimum Gasteiger partial charge on any atom is -0.380 e. The fraction of sp³-hybridized carbons (Fsp3) is 0.368. The van der Waals surface area contributed by atoms with E-state index in [9.17, 15) is 4.39 Å². The maximum atomic E-state index is 13.3. The largest absolute Gasteiger partial charge is 0.380 e. The van der Waals surface area contributed by atoms with E-state index in [1.54, 1.807) is 25.7 Å². The van der Waals surface area contributed by atoms with Crippen molar-refractivity contribution in [2.45, 2.75) is 25.1 Å². The quantitative estimate of drug-likeness (QED) is 0.711. The van der Waals surface area contributed by atoms with Gasteiger partial charge in [-0.2, -0.15) is 0 Å². The van der Waals surface area contributed by atoms with Gasteiger partial charge < -0.3 is 19.9 Å². The summed E-state index contributed by atoms with van der Waals surface area (Å²) in [7, 11) is 1.75. The lowest BCUT2D eigenvalue weighted by Gasteiger charge is -2.25. The number of hydrogen-bond acceptors (Lipinski definition) is 5. The minimum absolute atomic E-state index is 0.202. The van der Waals surface area contributed by atoms with Gasteiger partial charge in [-0.1, -0.05) is 0 Å². The number of anilines is 1. The molecule has 3 heterocycles. The molecule has 0 saturated carbocycles. The van der Waals surface area contributed by atoms with E-state index in [1.165, 1.54) is 12.1 Å². The number of nitrogens with one attached hydrogen (secondary N) is 2. The summed E-state index contributed by atoms with van der Waals surface area (Å²) in [6, 6.07) is 9.08. The molecule has 0 amide bonds. The molecular formula is C19H22FN5O. The van der Waals surface area contributed by atoms with Gasteiger partial charge in [-0.15, -0.1) is 0 Å². The maximum Gasteiger partial charge on any atom is 0.132 e. The van der Waals surface area contributed by atoms with Gasteiger partial charge in [0, 0.05) is 50.2 Å². The van der Waals surface area contributed by atoms with Crippen LogP contribution in [0.1, 0.15) is 12.1 Å². The highest BCUT2D eigenvalue weighted by Crippen LogP contribution is 2.25. The van der Waals surface area contributed by atoms with Crippen molar-refractivity contribution in [3.63, 3.8) is 0 Å².